The first-order valence-electron chi connectivity index (χ1n) is 13.0. The number of hydrogen-bond donors (Lipinski definition) is 0. The van der Waals surface area contributed by atoms with Crippen molar-refractivity contribution < 1.29 is 19.2 Å². The van der Waals surface area contributed by atoms with Crippen molar-refractivity contribution in [3.8, 4) is 5.75 Å². The van der Waals surface area contributed by atoms with E-state index in [4.69, 9.17) is 9.47 Å². The third-order valence-corrected chi connectivity index (χ3v) is 7.62. The van der Waals surface area contributed by atoms with Gasteiger partial charge in [-0.15, -0.1) is 0 Å². The van der Waals surface area contributed by atoms with Gasteiger partial charge >= 0.3 is 5.97 Å². The van der Waals surface area contributed by atoms with Crippen LogP contribution in [0.15, 0.2) is 93.9 Å². The molecule has 0 fully saturated rings. The molecule has 0 saturated heterocycles. The minimum absolute atomic E-state index is 0.0286. The summed E-state index contributed by atoms with van der Waals surface area (Å²) in [6.45, 7) is 5.97. The number of nitro benzene ring substituents is 1. The molecule has 208 valence electrons. The Bertz CT molecular complexity index is 1820. The highest BCUT2D eigenvalue weighted by atomic mass is 32.1. The molecule has 0 radical (unpaired) electrons. The van der Waals surface area contributed by atoms with Crippen LogP contribution in [0, 0.1) is 17.0 Å². The number of esters is 1. The van der Waals surface area contributed by atoms with Crippen molar-refractivity contribution in [1.29, 1.82) is 0 Å². The molecule has 0 N–H and O–H groups in total. The van der Waals surface area contributed by atoms with Crippen LogP contribution >= 0.6 is 11.3 Å². The van der Waals surface area contributed by atoms with Crippen LogP contribution in [0.1, 0.15) is 42.1 Å². The highest BCUT2D eigenvalue weighted by molar-refractivity contribution is 7.07. The van der Waals surface area contributed by atoms with E-state index < -0.39 is 16.9 Å². The van der Waals surface area contributed by atoms with E-state index in [0.29, 0.717) is 26.4 Å². The van der Waals surface area contributed by atoms with Crippen molar-refractivity contribution in [2.24, 2.45) is 4.99 Å². The molecule has 0 spiro atoms. The van der Waals surface area contributed by atoms with Crippen molar-refractivity contribution in [3.05, 3.63) is 136 Å². The van der Waals surface area contributed by atoms with Crippen molar-refractivity contribution in [2.45, 2.75) is 33.4 Å². The number of thiazole rings is 1. The molecule has 1 aromatic heterocycles. The second kappa shape index (κ2) is 11.7. The third-order valence-electron chi connectivity index (χ3n) is 6.64. The van der Waals surface area contributed by atoms with Gasteiger partial charge in [-0.1, -0.05) is 53.3 Å². The number of non-ortho nitro benzene ring substituents is 1. The monoisotopic (exact) mass is 569 g/mol. The molecule has 2 heterocycles. The summed E-state index contributed by atoms with van der Waals surface area (Å²) in [6.07, 6.45) is 1.79. The zero-order chi connectivity index (χ0) is 29.1. The van der Waals surface area contributed by atoms with Gasteiger partial charge in [0.25, 0.3) is 11.2 Å². The molecule has 1 atom stereocenters. The Kier molecular flexibility index (Phi) is 7.93. The summed E-state index contributed by atoms with van der Waals surface area (Å²) in [5.41, 5.74) is 4.14. The maximum Gasteiger partial charge on any atom is 0.338 e. The number of aromatic nitrogens is 1. The number of nitro groups is 1. The average Bonchev–Trinajstić information content (AvgIpc) is 3.26. The SMILES string of the molecule is CCOC(=O)C1=C(C)N=c2s/c(=C\c3ccc(OCc4ccc([N+](=O)[O-])cc4)cc3)c(=O)n2[C@H]1c1ccc(C)cc1. The van der Waals surface area contributed by atoms with E-state index in [1.165, 1.54) is 23.5 Å². The van der Waals surface area contributed by atoms with Gasteiger partial charge in [-0.2, -0.15) is 0 Å². The van der Waals surface area contributed by atoms with E-state index >= 15 is 0 Å². The molecule has 0 saturated carbocycles. The number of carbonyl (C=O) groups is 1. The van der Waals surface area contributed by atoms with Gasteiger partial charge in [0.15, 0.2) is 4.80 Å². The molecule has 1 aliphatic rings. The Labute approximate surface area is 239 Å². The third kappa shape index (κ3) is 5.87. The van der Waals surface area contributed by atoms with Crippen molar-refractivity contribution in [2.75, 3.05) is 6.61 Å². The number of benzene rings is 3. The van der Waals surface area contributed by atoms with Crippen LogP contribution in [-0.2, 0) is 16.1 Å². The van der Waals surface area contributed by atoms with Gasteiger partial charge < -0.3 is 9.47 Å². The Morgan fingerprint density at radius 3 is 2.37 bits per heavy atom. The summed E-state index contributed by atoms with van der Waals surface area (Å²) in [6, 6.07) is 20.6. The predicted molar refractivity (Wildman–Crippen MR) is 155 cm³/mol. The van der Waals surface area contributed by atoms with Crippen LogP contribution < -0.4 is 19.6 Å². The fourth-order valence-electron chi connectivity index (χ4n) is 4.55. The minimum Gasteiger partial charge on any atom is -0.489 e. The molecule has 0 bridgehead atoms. The molecular weight excluding hydrogens is 542 g/mol. The number of nitrogens with zero attached hydrogens (tertiary/aromatic N) is 3. The Morgan fingerprint density at radius 2 is 1.73 bits per heavy atom. The summed E-state index contributed by atoms with van der Waals surface area (Å²) in [4.78, 5) is 42.2. The largest absolute Gasteiger partial charge is 0.489 e. The molecular formula is C31H27N3O6S. The highest BCUT2D eigenvalue weighted by Crippen LogP contribution is 2.30. The van der Waals surface area contributed by atoms with Crippen LogP contribution in [0.3, 0.4) is 0 Å². The van der Waals surface area contributed by atoms with Gasteiger partial charge in [0, 0.05) is 12.1 Å². The van der Waals surface area contributed by atoms with Crippen LogP contribution in [0.5, 0.6) is 5.75 Å². The Morgan fingerprint density at radius 1 is 1.05 bits per heavy atom. The topological polar surface area (TPSA) is 113 Å². The normalized spacial score (nSPS) is 14.8. The number of rotatable bonds is 8. The van der Waals surface area contributed by atoms with Gasteiger partial charge in [0.2, 0.25) is 0 Å². The van der Waals surface area contributed by atoms with Crippen molar-refractivity contribution >= 4 is 29.1 Å². The van der Waals surface area contributed by atoms with E-state index in [0.717, 1.165) is 22.3 Å². The first kappa shape index (κ1) is 27.7. The molecule has 10 heteroatoms. The zero-order valence-electron chi connectivity index (χ0n) is 22.7. The van der Waals surface area contributed by atoms with E-state index in [-0.39, 0.29) is 24.5 Å². The lowest BCUT2D eigenvalue weighted by atomic mass is 9.95. The first-order chi connectivity index (χ1) is 19.7. The lowest BCUT2D eigenvalue weighted by Gasteiger charge is -2.24. The van der Waals surface area contributed by atoms with Crippen LogP contribution in [-0.4, -0.2) is 22.1 Å². The van der Waals surface area contributed by atoms with E-state index in [2.05, 4.69) is 4.99 Å². The van der Waals surface area contributed by atoms with Gasteiger partial charge in [-0.25, -0.2) is 9.79 Å². The molecule has 0 unspecified atom stereocenters. The number of ether oxygens (including phenoxy) is 2. The first-order valence-corrected chi connectivity index (χ1v) is 13.8. The molecule has 9 nitrogen and oxygen atoms in total. The maximum absolute atomic E-state index is 13.7. The fourth-order valence-corrected chi connectivity index (χ4v) is 5.59. The number of hydrogen-bond acceptors (Lipinski definition) is 8. The molecule has 0 amide bonds. The molecule has 3 aromatic carbocycles. The van der Waals surface area contributed by atoms with Gasteiger partial charge in [-0.05, 0) is 67.8 Å². The van der Waals surface area contributed by atoms with Crippen LogP contribution in [0.4, 0.5) is 5.69 Å². The zero-order valence-corrected chi connectivity index (χ0v) is 23.5. The van der Waals surface area contributed by atoms with Gasteiger partial charge in [0.05, 0.1) is 33.4 Å². The average molecular weight is 570 g/mol. The fraction of sp³-hybridized carbons (Fsp3) is 0.194. The van der Waals surface area contributed by atoms with Crippen LogP contribution in [0.2, 0.25) is 0 Å². The standard InChI is InChI=1S/C31H27N3O6S/c1-4-39-30(36)27-20(3)32-31-33(28(27)23-11-5-19(2)6-12-23)29(35)26(41-31)17-21-9-15-25(16-10-21)40-18-22-7-13-24(14-8-22)34(37)38/h5-17,28H,4,18H2,1-3H3/b26-17-/t28-/m0/s1. The smallest absolute Gasteiger partial charge is 0.338 e. The summed E-state index contributed by atoms with van der Waals surface area (Å²) < 4.78 is 13.2. The second-order valence-electron chi connectivity index (χ2n) is 9.49. The molecule has 1 aliphatic heterocycles. The van der Waals surface area contributed by atoms with Crippen molar-refractivity contribution in [3.63, 3.8) is 0 Å². The molecule has 4 aromatic rings. The van der Waals surface area contributed by atoms with E-state index in [1.54, 1.807) is 48.8 Å². The lowest BCUT2D eigenvalue weighted by Crippen LogP contribution is -2.39. The summed E-state index contributed by atoms with van der Waals surface area (Å²) in [5, 5.41) is 10.8. The predicted octanol–water partition coefficient (Wildman–Crippen LogP) is 4.59. The number of fused-ring (bicyclic) bond motifs is 1. The van der Waals surface area contributed by atoms with Gasteiger partial charge in [-0.3, -0.25) is 19.5 Å². The molecule has 5 rings (SSSR count). The van der Waals surface area contributed by atoms with Gasteiger partial charge in [0.1, 0.15) is 12.4 Å². The van der Waals surface area contributed by atoms with E-state index in [9.17, 15) is 19.7 Å². The molecule has 0 aliphatic carbocycles. The second-order valence-corrected chi connectivity index (χ2v) is 10.5. The van der Waals surface area contributed by atoms with Crippen molar-refractivity contribution in [1.82, 2.24) is 4.57 Å². The number of allylic oxidation sites excluding steroid dienone is 1. The summed E-state index contributed by atoms with van der Waals surface area (Å²) >= 11 is 1.27. The van der Waals surface area contributed by atoms with Crippen LogP contribution in [0.25, 0.3) is 6.08 Å². The quantitative estimate of drug-likeness (QED) is 0.174. The Hall–Kier alpha value is -4.83. The number of aryl methyl sites for hydroxylation is 1. The van der Waals surface area contributed by atoms with E-state index in [1.807, 2.05) is 43.3 Å². The summed E-state index contributed by atoms with van der Waals surface area (Å²) in [5.74, 6) is 0.133. The number of carbonyl (C=O) groups excluding carboxylic acids is 1. The minimum atomic E-state index is -0.650. The summed E-state index contributed by atoms with van der Waals surface area (Å²) in [7, 11) is 0. The maximum atomic E-state index is 13.7. The Balaban J connectivity index is 1.44. The highest BCUT2D eigenvalue weighted by Gasteiger charge is 2.33. The lowest BCUT2D eigenvalue weighted by molar-refractivity contribution is -0.384. The molecule has 41 heavy (non-hydrogen) atoms.